The molecule has 1 heterocycles. The molecule has 0 spiro atoms. The maximum absolute atomic E-state index is 12.3. The summed E-state index contributed by atoms with van der Waals surface area (Å²) in [5, 5.41) is 0. The predicted octanol–water partition coefficient (Wildman–Crippen LogP) is 1.78. The van der Waals surface area contributed by atoms with Crippen molar-refractivity contribution in [3.63, 3.8) is 0 Å². The molecule has 0 aromatic carbocycles. The predicted molar refractivity (Wildman–Crippen MR) is 73.3 cm³/mol. The van der Waals surface area contributed by atoms with Gasteiger partial charge < -0.3 is 15.4 Å². The Hall–Kier alpha value is -0.610. The van der Waals surface area contributed by atoms with Crippen LogP contribution in [0.5, 0.6) is 0 Å². The first-order valence-electron chi connectivity index (χ1n) is 6.99. The molecule has 2 N–H and O–H groups in total. The molecule has 1 aliphatic heterocycles. The SMILES string of the molecule is CCC1CN(C(=O)CC(N)C(C)(C)C)CCCO1. The van der Waals surface area contributed by atoms with Crippen LogP contribution in [0.25, 0.3) is 0 Å². The van der Waals surface area contributed by atoms with Gasteiger partial charge in [-0.15, -0.1) is 0 Å². The summed E-state index contributed by atoms with van der Waals surface area (Å²) >= 11 is 0. The van der Waals surface area contributed by atoms with Gasteiger partial charge in [-0.2, -0.15) is 0 Å². The van der Waals surface area contributed by atoms with E-state index in [1.807, 2.05) is 4.90 Å². The Labute approximate surface area is 111 Å². The summed E-state index contributed by atoms with van der Waals surface area (Å²) in [6.45, 7) is 10.6. The van der Waals surface area contributed by atoms with Gasteiger partial charge in [0.1, 0.15) is 0 Å². The minimum atomic E-state index is -0.0887. The number of carbonyl (C=O) groups is 1. The van der Waals surface area contributed by atoms with Crippen LogP contribution in [0, 0.1) is 5.41 Å². The summed E-state index contributed by atoms with van der Waals surface area (Å²) in [7, 11) is 0. The summed E-state index contributed by atoms with van der Waals surface area (Å²) in [4.78, 5) is 14.2. The molecule has 2 atom stereocenters. The van der Waals surface area contributed by atoms with E-state index in [1.54, 1.807) is 0 Å². The number of hydrogen-bond acceptors (Lipinski definition) is 3. The molecule has 1 amide bonds. The van der Waals surface area contributed by atoms with E-state index >= 15 is 0 Å². The van der Waals surface area contributed by atoms with Crippen molar-refractivity contribution < 1.29 is 9.53 Å². The molecule has 1 fully saturated rings. The molecule has 4 heteroatoms. The molecule has 0 aliphatic carbocycles. The minimum Gasteiger partial charge on any atom is -0.376 e. The third-order valence-electron chi connectivity index (χ3n) is 3.66. The highest BCUT2D eigenvalue weighted by atomic mass is 16.5. The molecule has 1 aliphatic rings. The summed E-state index contributed by atoms with van der Waals surface area (Å²) in [6, 6.07) is -0.0887. The molecular formula is C14H28N2O2. The van der Waals surface area contributed by atoms with Crippen LogP contribution >= 0.6 is 0 Å². The Morgan fingerprint density at radius 1 is 1.50 bits per heavy atom. The average Bonchev–Trinajstić information content (AvgIpc) is 2.52. The molecule has 18 heavy (non-hydrogen) atoms. The summed E-state index contributed by atoms with van der Waals surface area (Å²) in [5.74, 6) is 0.168. The van der Waals surface area contributed by atoms with Gasteiger partial charge in [0.25, 0.3) is 0 Å². The lowest BCUT2D eigenvalue weighted by Gasteiger charge is -2.30. The van der Waals surface area contributed by atoms with E-state index in [0.29, 0.717) is 13.0 Å². The highest BCUT2D eigenvalue weighted by Gasteiger charge is 2.27. The summed E-state index contributed by atoms with van der Waals surface area (Å²) < 4.78 is 5.68. The van der Waals surface area contributed by atoms with Gasteiger partial charge in [-0.3, -0.25) is 4.79 Å². The molecule has 4 nitrogen and oxygen atoms in total. The van der Waals surface area contributed by atoms with Crippen LogP contribution in [0.2, 0.25) is 0 Å². The fourth-order valence-electron chi connectivity index (χ4n) is 1.99. The van der Waals surface area contributed by atoms with E-state index in [1.165, 1.54) is 0 Å². The number of amides is 1. The maximum atomic E-state index is 12.3. The fourth-order valence-corrected chi connectivity index (χ4v) is 1.99. The van der Waals surface area contributed by atoms with E-state index < -0.39 is 0 Å². The van der Waals surface area contributed by atoms with Crippen LogP contribution in [0.4, 0.5) is 0 Å². The van der Waals surface area contributed by atoms with Gasteiger partial charge in [-0.25, -0.2) is 0 Å². The fraction of sp³-hybridized carbons (Fsp3) is 0.929. The zero-order chi connectivity index (χ0) is 13.8. The quantitative estimate of drug-likeness (QED) is 0.837. The van der Waals surface area contributed by atoms with Crippen molar-refractivity contribution in [3.05, 3.63) is 0 Å². The van der Waals surface area contributed by atoms with E-state index in [0.717, 1.165) is 26.0 Å². The second-order valence-electron chi connectivity index (χ2n) is 6.27. The standard InChI is InChI=1S/C14H28N2O2/c1-5-11-10-16(7-6-8-18-11)13(17)9-12(15)14(2,3)4/h11-12H,5-10,15H2,1-4H3. The lowest BCUT2D eigenvalue weighted by molar-refractivity contribution is -0.132. The van der Waals surface area contributed by atoms with E-state index in [2.05, 4.69) is 27.7 Å². The van der Waals surface area contributed by atoms with Crippen molar-refractivity contribution in [1.29, 1.82) is 0 Å². The molecule has 0 aromatic rings. The van der Waals surface area contributed by atoms with Gasteiger partial charge in [-0.05, 0) is 18.3 Å². The van der Waals surface area contributed by atoms with Gasteiger partial charge in [0.15, 0.2) is 0 Å². The highest BCUT2D eigenvalue weighted by Crippen LogP contribution is 2.21. The molecule has 1 rings (SSSR count). The molecular weight excluding hydrogens is 228 g/mol. The molecule has 0 bridgehead atoms. The lowest BCUT2D eigenvalue weighted by Crippen LogP contribution is -2.43. The smallest absolute Gasteiger partial charge is 0.224 e. The number of hydrogen-bond donors (Lipinski definition) is 1. The second-order valence-corrected chi connectivity index (χ2v) is 6.27. The van der Waals surface area contributed by atoms with Crippen molar-refractivity contribution in [2.75, 3.05) is 19.7 Å². The third-order valence-corrected chi connectivity index (χ3v) is 3.66. The zero-order valence-electron chi connectivity index (χ0n) is 12.2. The van der Waals surface area contributed by atoms with Crippen LogP contribution in [0.3, 0.4) is 0 Å². The molecule has 2 unspecified atom stereocenters. The van der Waals surface area contributed by atoms with E-state index in [-0.39, 0.29) is 23.5 Å². The topological polar surface area (TPSA) is 55.6 Å². The van der Waals surface area contributed by atoms with Crippen LogP contribution in [-0.4, -0.2) is 42.6 Å². The van der Waals surface area contributed by atoms with Crippen molar-refractivity contribution in [2.24, 2.45) is 11.1 Å². The van der Waals surface area contributed by atoms with Crippen molar-refractivity contribution in [2.45, 2.75) is 59.1 Å². The molecule has 0 saturated carbocycles. The zero-order valence-corrected chi connectivity index (χ0v) is 12.2. The first-order chi connectivity index (χ1) is 8.34. The molecule has 1 saturated heterocycles. The first kappa shape index (κ1) is 15.4. The van der Waals surface area contributed by atoms with Crippen LogP contribution in [0.15, 0.2) is 0 Å². The normalized spacial score (nSPS) is 23.6. The van der Waals surface area contributed by atoms with Crippen molar-refractivity contribution in [1.82, 2.24) is 4.90 Å². The van der Waals surface area contributed by atoms with Crippen molar-refractivity contribution in [3.8, 4) is 0 Å². The Kier molecular flexibility index (Phi) is 5.60. The Bertz CT molecular complexity index is 273. The highest BCUT2D eigenvalue weighted by molar-refractivity contribution is 5.77. The largest absolute Gasteiger partial charge is 0.376 e. The van der Waals surface area contributed by atoms with Gasteiger partial charge in [0, 0.05) is 32.2 Å². The number of nitrogens with two attached hydrogens (primary N) is 1. The van der Waals surface area contributed by atoms with Gasteiger partial charge in [0.2, 0.25) is 5.91 Å². The Balaban J connectivity index is 2.54. The molecule has 0 aromatic heterocycles. The van der Waals surface area contributed by atoms with Crippen molar-refractivity contribution >= 4 is 5.91 Å². The average molecular weight is 256 g/mol. The number of ether oxygens (including phenoxy) is 1. The lowest BCUT2D eigenvalue weighted by atomic mass is 9.85. The maximum Gasteiger partial charge on any atom is 0.224 e. The first-order valence-corrected chi connectivity index (χ1v) is 6.99. The van der Waals surface area contributed by atoms with E-state index in [4.69, 9.17) is 10.5 Å². The number of rotatable bonds is 3. The van der Waals surface area contributed by atoms with Gasteiger partial charge in [0.05, 0.1) is 6.10 Å². The minimum absolute atomic E-state index is 0.0256. The summed E-state index contributed by atoms with van der Waals surface area (Å²) in [6.07, 6.45) is 2.49. The van der Waals surface area contributed by atoms with Crippen LogP contribution < -0.4 is 5.73 Å². The molecule has 106 valence electrons. The number of nitrogens with zero attached hydrogens (tertiary/aromatic N) is 1. The third kappa shape index (κ3) is 4.58. The van der Waals surface area contributed by atoms with Crippen LogP contribution in [0.1, 0.15) is 47.0 Å². The number of carbonyl (C=O) groups excluding carboxylic acids is 1. The van der Waals surface area contributed by atoms with Crippen LogP contribution in [-0.2, 0) is 9.53 Å². The monoisotopic (exact) mass is 256 g/mol. The van der Waals surface area contributed by atoms with E-state index in [9.17, 15) is 4.79 Å². The van der Waals surface area contributed by atoms with Gasteiger partial charge >= 0.3 is 0 Å². The Morgan fingerprint density at radius 3 is 2.72 bits per heavy atom. The van der Waals surface area contributed by atoms with Gasteiger partial charge in [-0.1, -0.05) is 27.7 Å². The second kappa shape index (κ2) is 6.53. The molecule has 0 radical (unpaired) electrons. The Morgan fingerprint density at radius 2 is 2.17 bits per heavy atom. The summed E-state index contributed by atoms with van der Waals surface area (Å²) in [5.41, 5.74) is 6.06.